The van der Waals surface area contributed by atoms with Crippen molar-refractivity contribution in [1.29, 1.82) is 0 Å². The molecule has 0 saturated heterocycles. The lowest BCUT2D eigenvalue weighted by Gasteiger charge is -2.10. The summed E-state index contributed by atoms with van der Waals surface area (Å²) in [5.41, 5.74) is 1.31. The van der Waals surface area contributed by atoms with Gasteiger partial charge in [-0.15, -0.1) is 0 Å². The number of rotatable bonds is 9. The molecule has 0 amide bonds. The van der Waals surface area contributed by atoms with Gasteiger partial charge in [0.2, 0.25) is 0 Å². The molecule has 0 aromatic heterocycles. The smallest absolute Gasteiger partial charge is 0.331 e. The number of carbonyl (C=O) groups is 2. The maximum Gasteiger partial charge on any atom is 0.331 e. The Bertz CT molecular complexity index is 422. The van der Waals surface area contributed by atoms with Gasteiger partial charge in [-0.3, -0.25) is 0 Å². The molecule has 0 aliphatic carbocycles. The average molecular weight is 313 g/mol. The van der Waals surface area contributed by atoms with Crippen LogP contribution in [0.2, 0.25) is 0 Å². The monoisotopic (exact) mass is 312 g/mol. The van der Waals surface area contributed by atoms with Crippen LogP contribution in [0.25, 0.3) is 0 Å². The zero-order valence-corrected chi connectivity index (χ0v) is 13.1. The van der Waals surface area contributed by atoms with E-state index in [-0.39, 0.29) is 18.0 Å². The summed E-state index contributed by atoms with van der Waals surface area (Å²) in [6.45, 7) is 1.85. The van der Waals surface area contributed by atoms with Crippen molar-refractivity contribution >= 4 is 23.5 Å². The fraction of sp³-hybridized carbons (Fsp3) is 0.375. The molecule has 0 aliphatic rings. The summed E-state index contributed by atoms with van der Waals surface area (Å²) >= 11 is 5.32. The molecule has 0 heterocycles. The molecule has 21 heavy (non-hydrogen) atoms. The van der Waals surface area contributed by atoms with Crippen LogP contribution in [0.15, 0.2) is 48.1 Å². The molecule has 0 bridgehead atoms. The number of methoxy groups -OCH3 is 1. The van der Waals surface area contributed by atoms with Gasteiger partial charge in [0.1, 0.15) is 0 Å². The van der Waals surface area contributed by atoms with Gasteiger partial charge in [0.25, 0.3) is 0 Å². The fourth-order valence-corrected chi connectivity index (χ4v) is 1.46. The maximum atomic E-state index is 11.3. The highest BCUT2D eigenvalue weighted by Crippen LogP contribution is 2.06. The molecule has 4 nitrogen and oxygen atoms in total. The van der Waals surface area contributed by atoms with E-state index in [1.165, 1.54) is 30.9 Å². The number of allylic oxidation sites excluding steroid dienone is 5. The number of hydrogen-bond donors (Lipinski definition) is 0. The Morgan fingerprint density at radius 1 is 1.10 bits per heavy atom. The van der Waals surface area contributed by atoms with Crippen molar-refractivity contribution in [2.24, 2.45) is 0 Å². The van der Waals surface area contributed by atoms with E-state index in [0.29, 0.717) is 0 Å². The van der Waals surface area contributed by atoms with Crippen molar-refractivity contribution in [2.45, 2.75) is 32.3 Å². The lowest BCUT2D eigenvalue weighted by Crippen LogP contribution is -2.12. The molecule has 0 aliphatic heterocycles. The molecule has 0 rings (SSSR count). The van der Waals surface area contributed by atoms with E-state index in [1.54, 1.807) is 18.2 Å². The van der Waals surface area contributed by atoms with Crippen LogP contribution in [0.3, 0.4) is 0 Å². The Kier molecular flexibility index (Phi) is 12.0. The molecule has 0 spiro atoms. The summed E-state index contributed by atoms with van der Waals surface area (Å²) in [6.07, 6.45) is 13.5. The van der Waals surface area contributed by atoms with E-state index in [1.807, 2.05) is 13.0 Å². The summed E-state index contributed by atoms with van der Waals surface area (Å²) in [6, 6.07) is 0. The molecule has 0 unspecified atom stereocenters. The van der Waals surface area contributed by atoms with Crippen LogP contribution in [-0.4, -0.2) is 25.2 Å². The molecule has 0 aromatic carbocycles. The van der Waals surface area contributed by atoms with Gasteiger partial charge in [-0.25, -0.2) is 9.59 Å². The minimum absolute atomic E-state index is 0.138. The first-order chi connectivity index (χ1) is 10.1. The molecule has 5 heteroatoms. The Morgan fingerprint density at radius 2 is 1.76 bits per heavy atom. The minimum Gasteiger partial charge on any atom is -0.466 e. The number of ether oxygens (including phenoxy) is 2. The fourth-order valence-electron chi connectivity index (χ4n) is 1.37. The van der Waals surface area contributed by atoms with Gasteiger partial charge in [-0.1, -0.05) is 42.0 Å². The first-order valence-corrected chi connectivity index (χ1v) is 7.09. The number of halogens is 1. The lowest BCUT2D eigenvalue weighted by atomic mass is 10.1. The van der Waals surface area contributed by atoms with Crippen LogP contribution in [-0.2, 0) is 19.1 Å². The SMILES string of the molecule is COC(=O)/C=C/C=C/CCC[C@@H](C)OC(=O)/C=C\C=C\Cl. The minimum atomic E-state index is -0.381. The standard InChI is InChI=1S/C16H21ClO4/c1-14(21-16(19)12-8-9-13-17)10-6-4-3-5-7-11-15(18)20-2/h3,5,7-9,11-14H,4,6,10H2,1-2H3/b5-3+,11-7+,12-8-,13-9+/t14-/m1/s1. The largest absolute Gasteiger partial charge is 0.466 e. The van der Waals surface area contributed by atoms with Crippen LogP contribution < -0.4 is 0 Å². The Morgan fingerprint density at radius 3 is 2.43 bits per heavy atom. The van der Waals surface area contributed by atoms with E-state index in [4.69, 9.17) is 16.3 Å². The third-order valence-electron chi connectivity index (χ3n) is 2.40. The van der Waals surface area contributed by atoms with Crippen LogP contribution in [0, 0.1) is 0 Å². The molecular weight excluding hydrogens is 292 g/mol. The zero-order valence-electron chi connectivity index (χ0n) is 12.3. The predicted molar refractivity (Wildman–Crippen MR) is 83.8 cm³/mol. The molecule has 0 saturated carbocycles. The van der Waals surface area contributed by atoms with Gasteiger partial charge < -0.3 is 9.47 Å². The first kappa shape index (κ1) is 19.2. The number of unbranched alkanes of at least 4 members (excludes halogenated alkanes) is 1. The summed E-state index contributed by atoms with van der Waals surface area (Å²) < 4.78 is 9.62. The van der Waals surface area contributed by atoms with Gasteiger partial charge in [0, 0.05) is 17.7 Å². The van der Waals surface area contributed by atoms with Crippen molar-refractivity contribution in [3.63, 3.8) is 0 Å². The second-order valence-corrected chi connectivity index (χ2v) is 4.42. The van der Waals surface area contributed by atoms with Crippen LogP contribution >= 0.6 is 11.6 Å². The molecule has 116 valence electrons. The number of hydrogen-bond acceptors (Lipinski definition) is 4. The highest BCUT2D eigenvalue weighted by atomic mass is 35.5. The Labute approximate surface area is 130 Å². The Balaban J connectivity index is 3.77. The third kappa shape index (κ3) is 12.9. The van der Waals surface area contributed by atoms with Gasteiger partial charge in [-0.05, 0) is 26.2 Å². The summed E-state index contributed by atoms with van der Waals surface area (Å²) in [5.74, 6) is -0.758. The maximum absolute atomic E-state index is 11.3. The van der Waals surface area contributed by atoms with E-state index >= 15 is 0 Å². The highest BCUT2D eigenvalue weighted by molar-refractivity contribution is 6.25. The summed E-state index contributed by atoms with van der Waals surface area (Å²) in [4.78, 5) is 22.1. The van der Waals surface area contributed by atoms with Gasteiger partial charge in [0.15, 0.2) is 0 Å². The quantitative estimate of drug-likeness (QED) is 0.282. The number of esters is 2. The van der Waals surface area contributed by atoms with E-state index in [0.717, 1.165) is 19.3 Å². The molecular formula is C16H21ClO4. The molecule has 0 fully saturated rings. The summed E-state index contributed by atoms with van der Waals surface area (Å²) in [5, 5.41) is 0. The van der Waals surface area contributed by atoms with Crippen molar-refractivity contribution in [1.82, 2.24) is 0 Å². The van der Waals surface area contributed by atoms with Gasteiger partial charge in [0.05, 0.1) is 13.2 Å². The highest BCUT2D eigenvalue weighted by Gasteiger charge is 2.05. The first-order valence-electron chi connectivity index (χ1n) is 6.65. The third-order valence-corrected chi connectivity index (χ3v) is 2.54. The Hall–Kier alpha value is -1.81. The van der Waals surface area contributed by atoms with Crippen LogP contribution in [0.1, 0.15) is 26.2 Å². The number of carbonyl (C=O) groups excluding carboxylic acids is 2. The van der Waals surface area contributed by atoms with Crippen molar-refractivity contribution < 1.29 is 19.1 Å². The molecule has 0 aromatic rings. The second-order valence-electron chi connectivity index (χ2n) is 4.17. The van der Waals surface area contributed by atoms with Crippen molar-refractivity contribution in [3.05, 3.63) is 48.1 Å². The lowest BCUT2D eigenvalue weighted by molar-refractivity contribution is -0.142. The van der Waals surface area contributed by atoms with E-state index in [2.05, 4.69) is 4.74 Å². The summed E-state index contributed by atoms with van der Waals surface area (Å²) in [7, 11) is 1.33. The normalized spacial score (nSPS) is 13.5. The van der Waals surface area contributed by atoms with E-state index in [9.17, 15) is 9.59 Å². The second kappa shape index (κ2) is 13.2. The van der Waals surface area contributed by atoms with E-state index < -0.39 is 0 Å². The van der Waals surface area contributed by atoms with Crippen molar-refractivity contribution in [2.75, 3.05) is 7.11 Å². The van der Waals surface area contributed by atoms with Gasteiger partial charge >= 0.3 is 11.9 Å². The van der Waals surface area contributed by atoms with Gasteiger partial charge in [-0.2, -0.15) is 0 Å². The topological polar surface area (TPSA) is 52.6 Å². The molecule has 0 radical (unpaired) electrons. The van der Waals surface area contributed by atoms with Crippen LogP contribution in [0.5, 0.6) is 0 Å². The molecule has 1 atom stereocenters. The predicted octanol–water partition coefficient (Wildman–Crippen LogP) is 3.68. The average Bonchev–Trinajstić information content (AvgIpc) is 2.46. The molecule has 0 N–H and O–H groups in total. The van der Waals surface area contributed by atoms with Crippen molar-refractivity contribution in [3.8, 4) is 0 Å². The zero-order chi connectivity index (χ0) is 15.9. The van der Waals surface area contributed by atoms with Crippen LogP contribution in [0.4, 0.5) is 0 Å².